The summed E-state index contributed by atoms with van der Waals surface area (Å²) in [6, 6.07) is 10.1. The quantitative estimate of drug-likeness (QED) is 0.598. The SMILES string of the molecule is CC.Cc1ncc(C)c(-c2ccc3c(c2)CCC(C)N3C(=O)c2ccc(O)cc2O)n1. The number of carbonyl (C=O) groups is 1. The molecule has 4 rings (SSSR count). The number of phenolic OH excluding ortho intramolecular Hbond substituents is 2. The molecular weight excluding hydrogens is 390 g/mol. The van der Waals surface area contributed by atoms with E-state index in [1.54, 1.807) is 4.90 Å². The van der Waals surface area contributed by atoms with Gasteiger partial charge in [0.2, 0.25) is 0 Å². The molecule has 0 saturated heterocycles. The van der Waals surface area contributed by atoms with E-state index in [4.69, 9.17) is 0 Å². The van der Waals surface area contributed by atoms with Gasteiger partial charge >= 0.3 is 0 Å². The molecule has 2 heterocycles. The maximum Gasteiger partial charge on any atom is 0.262 e. The highest BCUT2D eigenvalue weighted by atomic mass is 16.3. The number of amides is 1. The minimum atomic E-state index is -0.280. The van der Waals surface area contributed by atoms with Crippen LogP contribution in [-0.4, -0.2) is 32.1 Å². The lowest BCUT2D eigenvalue weighted by Gasteiger charge is -2.35. The van der Waals surface area contributed by atoms with Crippen LogP contribution >= 0.6 is 0 Å². The number of hydrogen-bond donors (Lipinski definition) is 2. The van der Waals surface area contributed by atoms with Gasteiger partial charge in [0.05, 0.1) is 11.3 Å². The number of carbonyl (C=O) groups excluding carboxylic acids is 1. The first kappa shape index (κ1) is 22.3. The van der Waals surface area contributed by atoms with Crippen LogP contribution in [0.1, 0.15) is 54.5 Å². The van der Waals surface area contributed by atoms with Gasteiger partial charge in [0.25, 0.3) is 5.91 Å². The van der Waals surface area contributed by atoms with Gasteiger partial charge in [0.1, 0.15) is 17.3 Å². The van der Waals surface area contributed by atoms with Crippen molar-refractivity contribution in [3.05, 3.63) is 65.1 Å². The maximum absolute atomic E-state index is 13.2. The van der Waals surface area contributed by atoms with E-state index in [-0.39, 0.29) is 29.0 Å². The van der Waals surface area contributed by atoms with Crippen LogP contribution in [0.25, 0.3) is 11.3 Å². The van der Waals surface area contributed by atoms with Crippen LogP contribution in [0.3, 0.4) is 0 Å². The summed E-state index contributed by atoms with van der Waals surface area (Å²) in [4.78, 5) is 23.8. The van der Waals surface area contributed by atoms with Crippen molar-refractivity contribution in [3.8, 4) is 22.8 Å². The summed E-state index contributed by atoms with van der Waals surface area (Å²) in [5.74, 6) is 0.138. The number of benzene rings is 2. The number of aromatic hydroxyl groups is 2. The monoisotopic (exact) mass is 419 g/mol. The van der Waals surface area contributed by atoms with E-state index in [0.717, 1.165) is 46.7 Å². The fourth-order valence-electron chi connectivity index (χ4n) is 3.86. The zero-order valence-electron chi connectivity index (χ0n) is 18.7. The molecule has 0 fully saturated rings. The topological polar surface area (TPSA) is 86.6 Å². The second-order valence-corrected chi connectivity index (χ2v) is 7.56. The Labute approximate surface area is 183 Å². The summed E-state index contributed by atoms with van der Waals surface area (Å²) in [6.07, 6.45) is 3.50. The van der Waals surface area contributed by atoms with Crippen molar-refractivity contribution in [1.29, 1.82) is 0 Å². The molecular formula is C25H29N3O3. The van der Waals surface area contributed by atoms with Crippen LogP contribution in [0.15, 0.2) is 42.6 Å². The molecule has 0 radical (unpaired) electrons. The van der Waals surface area contributed by atoms with Crippen molar-refractivity contribution in [2.45, 2.75) is 53.5 Å². The third-order valence-corrected chi connectivity index (χ3v) is 5.41. The molecule has 1 amide bonds. The first-order valence-corrected chi connectivity index (χ1v) is 10.6. The smallest absolute Gasteiger partial charge is 0.262 e. The van der Waals surface area contributed by atoms with Gasteiger partial charge < -0.3 is 15.1 Å². The van der Waals surface area contributed by atoms with Gasteiger partial charge in [-0.3, -0.25) is 4.79 Å². The van der Waals surface area contributed by atoms with E-state index >= 15 is 0 Å². The molecule has 1 aliphatic rings. The lowest BCUT2D eigenvalue weighted by molar-refractivity contribution is 0.0972. The average molecular weight is 420 g/mol. The van der Waals surface area contributed by atoms with E-state index in [1.165, 1.54) is 18.2 Å². The molecule has 31 heavy (non-hydrogen) atoms. The fourth-order valence-corrected chi connectivity index (χ4v) is 3.86. The van der Waals surface area contributed by atoms with Crippen molar-refractivity contribution in [2.75, 3.05) is 4.90 Å². The molecule has 1 unspecified atom stereocenters. The number of aromatic nitrogens is 2. The van der Waals surface area contributed by atoms with Crippen LogP contribution in [0, 0.1) is 13.8 Å². The summed E-state index contributed by atoms with van der Waals surface area (Å²) in [5, 5.41) is 19.7. The Bertz CT molecular complexity index is 1110. The molecule has 0 saturated carbocycles. The molecule has 6 nitrogen and oxygen atoms in total. The highest BCUT2D eigenvalue weighted by Crippen LogP contribution is 2.36. The van der Waals surface area contributed by atoms with Gasteiger partial charge in [-0.2, -0.15) is 0 Å². The largest absolute Gasteiger partial charge is 0.508 e. The summed E-state index contributed by atoms with van der Waals surface area (Å²) in [5.41, 5.74) is 4.99. The van der Waals surface area contributed by atoms with Crippen molar-refractivity contribution < 1.29 is 15.0 Å². The highest BCUT2D eigenvalue weighted by molar-refractivity contribution is 6.09. The third kappa shape index (κ3) is 4.38. The lowest BCUT2D eigenvalue weighted by Crippen LogP contribution is -2.42. The maximum atomic E-state index is 13.2. The standard InChI is InChI=1S/C23H23N3O3.C2H6/c1-13-12-24-15(3)25-22(13)17-6-9-20-16(10-17)5-4-14(2)26(20)23(29)19-8-7-18(27)11-21(19)28;1-2/h6-12,14,27-28H,4-5H2,1-3H3;1-2H3. The van der Waals surface area contributed by atoms with Crippen LogP contribution < -0.4 is 4.90 Å². The Morgan fingerprint density at radius 1 is 1.10 bits per heavy atom. The highest BCUT2D eigenvalue weighted by Gasteiger charge is 2.30. The lowest BCUT2D eigenvalue weighted by atomic mass is 9.93. The number of anilines is 1. The number of rotatable bonds is 2. The predicted molar refractivity (Wildman–Crippen MR) is 123 cm³/mol. The van der Waals surface area contributed by atoms with Crippen LogP contribution in [0.5, 0.6) is 11.5 Å². The van der Waals surface area contributed by atoms with E-state index < -0.39 is 0 Å². The van der Waals surface area contributed by atoms with E-state index in [1.807, 2.05) is 52.9 Å². The van der Waals surface area contributed by atoms with Crippen molar-refractivity contribution in [2.24, 2.45) is 0 Å². The van der Waals surface area contributed by atoms with Crippen LogP contribution in [-0.2, 0) is 6.42 Å². The van der Waals surface area contributed by atoms with Gasteiger partial charge in [0, 0.05) is 29.6 Å². The normalized spacial score (nSPS) is 15.0. The van der Waals surface area contributed by atoms with Gasteiger partial charge in [-0.05, 0) is 69.0 Å². The molecule has 1 atom stereocenters. The second-order valence-electron chi connectivity index (χ2n) is 7.56. The van der Waals surface area contributed by atoms with Crippen molar-refractivity contribution >= 4 is 11.6 Å². The van der Waals surface area contributed by atoms with Gasteiger partial charge in [0.15, 0.2) is 0 Å². The van der Waals surface area contributed by atoms with Crippen LogP contribution in [0.4, 0.5) is 5.69 Å². The molecule has 1 aromatic heterocycles. The van der Waals surface area contributed by atoms with E-state index in [9.17, 15) is 15.0 Å². The third-order valence-electron chi connectivity index (χ3n) is 5.41. The Hall–Kier alpha value is -3.41. The zero-order valence-corrected chi connectivity index (χ0v) is 18.7. The molecule has 0 spiro atoms. The van der Waals surface area contributed by atoms with Gasteiger partial charge in [-0.25, -0.2) is 9.97 Å². The van der Waals surface area contributed by atoms with Crippen molar-refractivity contribution in [3.63, 3.8) is 0 Å². The minimum absolute atomic E-state index is 0.00270. The first-order valence-electron chi connectivity index (χ1n) is 10.6. The first-order chi connectivity index (χ1) is 14.8. The van der Waals surface area contributed by atoms with E-state index in [2.05, 4.69) is 16.0 Å². The number of aryl methyl sites for hydroxylation is 3. The molecule has 6 heteroatoms. The Balaban J connectivity index is 0.00000132. The Morgan fingerprint density at radius 2 is 1.84 bits per heavy atom. The fraction of sp³-hybridized carbons (Fsp3) is 0.320. The van der Waals surface area contributed by atoms with Crippen LogP contribution in [0.2, 0.25) is 0 Å². The number of fused-ring (bicyclic) bond motifs is 1. The van der Waals surface area contributed by atoms with Gasteiger partial charge in [-0.1, -0.05) is 19.9 Å². The number of nitrogens with zero attached hydrogens (tertiary/aromatic N) is 3. The molecule has 2 aromatic carbocycles. The molecule has 162 valence electrons. The number of phenols is 2. The Kier molecular flexibility index (Phi) is 6.59. The minimum Gasteiger partial charge on any atom is -0.508 e. The number of hydrogen-bond acceptors (Lipinski definition) is 5. The molecule has 2 N–H and O–H groups in total. The van der Waals surface area contributed by atoms with E-state index in [0.29, 0.717) is 0 Å². The predicted octanol–water partition coefficient (Wildman–Crippen LogP) is 5.18. The second kappa shape index (κ2) is 9.16. The molecule has 1 aliphatic heterocycles. The summed E-state index contributed by atoms with van der Waals surface area (Å²) in [7, 11) is 0. The Morgan fingerprint density at radius 3 is 2.55 bits per heavy atom. The molecule has 0 bridgehead atoms. The average Bonchev–Trinajstić information content (AvgIpc) is 2.76. The summed E-state index contributed by atoms with van der Waals surface area (Å²) in [6.45, 7) is 9.86. The molecule has 0 aliphatic carbocycles. The van der Waals surface area contributed by atoms with Gasteiger partial charge in [-0.15, -0.1) is 0 Å². The van der Waals surface area contributed by atoms with Crippen molar-refractivity contribution in [1.82, 2.24) is 9.97 Å². The zero-order chi connectivity index (χ0) is 22.7. The molecule has 3 aromatic rings. The summed E-state index contributed by atoms with van der Waals surface area (Å²) < 4.78 is 0. The summed E-state index contributed by atoms with van der Waals surface area (Å²) >= 11 is 0.